The van der Waals surface area contributed by atoms with Crippen molar-refractivity contribution in [2.75, 3.05) is 19.6 Å². The van der Waals surface area contributed by atoms with Crippen LogP contribution in [0.3, 0.4) is 0 Å². The summed E-state index contributed by atoms with van der Waals surface area (Å²) in [5.41, 5.74) is 6.28. The summed E-state index contributed by atoms with van der Waals surface area (Å²) in [7, 11) is 0. The summed E-state index contributed by atoms with van der Waals surface area (Å²) in [5, 5.41) is 0. The van der Waals surface area contributed by atoms with Gasteiger partial charge in [-0.25, -0.2) is 4.98 Å². The fourth-order valence-electron chi connectivity index (χ4n) is 2.83. The largest absolute Gasteiger partial charge is 0.437 e. The van der Waals surface area contributed by atoms with Gasteiger partial charge in [-0.1, -0.05) is 18.2 Å². The molecular weight excluding hydrogens is 292 g/mol. The third-order valence-corrected chi connectivity index (χ3v) is 4.06. The van der Waals surface area contributed by atoms with E-state index in [4.69, 9.17) is 10.5 Å². The van der Waals surface area contributed by atoms with E-state index in [9.17, 15) is 4.79 Å². The molecule has 23 heavy (non-hydrogen) atoms. The number of nitrogens with zero attached hydrogens (tertiary/aromatic N) is 3. The lowest BCUT2D eigenvalue weighted by Crippen LogP contribution is -2.41. The molecule has 1 saturated heterocycles. The molecule has 0 radical (unpaired) electrons. The number of para-hydroxylation sites is 1. The monoisotopic (exact) mass is 312 g/mol. The van der Waals surface area contributed by atoms with Crippen molar-refractivity contribution in [2.45, 2.75) is 18.8 Å². The highest BCUT2D eigenvalue weighted by atomic mass is 16.5. The number of hydrogen-bond acceptors (Lipinski definition) is 5. The van der Waals surface area contributed by atoms with E-state index < -0.39 is 0 Å². The predicted octanol–water partition coefficient (Wildman–Crippen LogP) is 1.93. The highest BCUT2D eigenvalue weighted by Gasteiger charge is 2.26. The van der Waals surface area contributed by atoms with Crippen LogP contribution >= 0.6 is 0 Å². The Kier molecular flexibility index (Phi) is 4.83. The molecule has 0 bridgehead atoms. The Morgan fingerprint density at radius 1 is 1.17 bits per heavy atom. The standard InChI is InChI=1S/C17H20N4O2/c18-12-15(22)21-10-6-13(7-11-21)16-17(20-9-8-19-16)23-14-4-2-1-3-5-14/h1-5,8-9,13H,6-7,10-12,18H2. The lowest BCUT2D eigenvalue weighted by Gasteiger charge is -2.31. The highest BCUT2D eigenvalue weighted by molar-refractivity contribution is 5.78. The van der Waals surface area contributed by atoms with Gasteiger partial charge in [-0.05, 0) is 25.0 Å². The molecule has 1 fully saturated rings. The molecule has 2 N–H and O–H groups in total. The number of likely N-dealkylation sites (tertiary alicyclic amines) is 1. The minimum atomic E-state index is 0.00311. The molecule has 1 aromatic carbocycles. The molecule has 6 nitrogen and oxygen atoms in total. The third kappa shape index (κ3) is 3.65. The summed E-state index contributed by atoms with van der Waals surface area (Å²) < 4.78 is 5.88. The molecule has 6 heteroatoms. The van der Waals surface area contributed by atoms with Gasteiger partial charge in [-0.3, -0.25) is 9.78 Å². The molecule has 0 saturated carbocycles. The van der Waals surface area contributed by atoms with Crippen molar-refractivity contribution in [3.63, 3.8) is 0 Å². The van der Waals surface area contributed by atoms with Gasteiger partial charge in [-0.15, -0.1) is 0 Å². The molecule has 120 valence electrons. The van der Waals surface area contributed by atoms with Crippen molar-refractivity contribution < 1.29 is 9.53 Å². The van der Waals surface area contributed by atoms with E-state index in [2.05, 4.69) is 9.97 Å². The number of carbonyl (C=O) groups is 1. The molecule has 0 atom stereocenters. The molecule has 0 spiro atoms. The van der Waals surface area contributed by atoms with E-state index in [1.807, 2.05) is 35.2 Å². The van der Waals surface area contributed by atoms with Gasteiger partial charge >= 0.3 is 0 Å². The van der Waals surface area contributed by atoms with Crippen molar-refractivity contribution in [3.05, 3.63) is 48.4 Å². The predicted molar refractivity (Wildman–Crippen MR) is 86.2 cm³/mol. The lowest BCUT2D eigenvalue weighted by molar-refractivity contribution is -0.130. The number of hydrogen-bond donors (Lipinski definition) is 1. The van der Waals surface area contributed by atoms with E-state index in [1.165, 1.54) is 0 Å². The second kappa shape index (κ2) is 7.19. The number of ether oxygens (including phenoxy) is 1. The normalized spacial score (nSPS) is 15.4. The lowest BCUT2D eigenvalue weighted by atomic mass is 9.93. The molecule has 0 unspecified atom stereocenters. The summed E-state index contributed by atoms with van der Waals surface area (Å²) in [6.07, 6.45) is 5.00. The number of piperidine rings is 1. The maximum Gasteiger partial charge on any atom is 0.241 e. The molecule has 1 aromatic heterocycles. The molecule has 2 aromatic rings. The van der Waals surface area contributed by atoms with Crippen molar-refractivity contribution in [2.24, 2.45) is 5.73 Å². The van der Waals surface area contributed by atoms with Gasteiger partial charge in [-0.2, -0.15) is 0 Å². The zero-order valence-electron chi connectivity index (χ0n) is 12.9. The highest BCUT2D eigenvalue weighted by Crippen LogP contribution is 2.33. The fraction of sp³-hybridized carbons (Fsp3) is 0.353. The molecule has 2 heterocycles. The second-order valence-corrected chi connectivity index (χ2v) is 5.52. The number of amides is 1. The number of aromatic nitrogens is 2. The van der Waals surface area contributed by atoms with Gasteiger partial charge in [0.2, 0.25) is 11.8 Å². The van der Waals surface area contributed by atoms with Gasteiger partial charge in [0.05, 0.1) is 6.54 Å². The van der Waals surface area contributed by atoms with Crippen LogP contribution in [0, 0.1) is 0 Å². The number of benzene rings is 1. The molecule has 1 amide bonds. The zero-order valence-corrected chi connectivity index (χ0v) is 12.9. The Balaban J connectivity index is 1.73. The Bertz CT molecular complexity index is 655. The quantitative estimate of drug-likeness (QED) is 0.933. The Morgan fingerprint density at radius 3 is 2.57 bits per heavy atom. The van der Waals surface area contributed by atoms with Gasteiger partial charge in [0, 0.05) is 31.4 Å². The molecule has 1 aliphatic rings. The van der Waals surface area contributed by atoms with Crippen LogP contribution in [0.5, 0.6) is 11.6 Å². The van der Waals surface area contributed by atoms with Crippen LogP contribution in [0.1, 0.15) is 24.5 Å². The summed E-state index contributed by atoms with van der Waals surface area (Å²) >= 11 is 0. The van der Waals surface area contributed by atoms with Crippen LogP contribution in [0.25, 0.3) is 0 Å². The summed E-state index contributed by atoms with van der Waals surface area (Å²) in [5.74, 6) is 1.53. The summed E-state index contributed by atoms with van der Waals surface area (Å²) in [6.45, 7) is 1.46. The Hall–Kier alpha value is -2.47. The van der Waals surface area contributed by atoms with Crippen LogP contribution in [0.4, 0.5) is 0 Å². The zero-order chi connectivity index (χ0) is 16.1. The van der Waals surface area contributed by atoms with E-state index in [1.54, 1.807) is 12.4 Å². The second-order valence-electron chi connectivity index (χ2n) is 5.52. The first-order chi connectivity index (χ1) is 11.3. The van der Waals surface area contributed by atoms with Crippen LogP contribution in [-0.2, 0) is 4.79 Å². The van der Waals surface area contributed by atoms with Gasteiger partial charge in [0.1, 0.15) is 11.4 Å². The third-order valence-electron chi connectivity index (χ3n) is 4.06. The smallest absolute Gasteiger partial charge is 0.241 e. The van der Waals surface area contributed by atoms with E-state index in [-0.39, 0.29) is 18.4 Å². The molecule has 1 aliphatic heterocycles. The average Bonchev–Trinajstić information content (AvgIpc) is 2.62. The first kappa shape index (κ1) is 15.4. The minimum Gasteiger partial charge on any atom is -0.437 e. The van der Waals surface area contributed by atoms with Crippen LogP contribution in [0.2, 0.25) is 0 Å². The number of carbonyl (C=O) groups excluding carboxylic acids is 1. The van der Waals surface area contributed by atoms with Crippen molar-refractivity contribution in [3.8, 4) is 11.6 Å². The first-order valence-corrected chi connectivity index (χ1v) is 7.79. The van der Waals surface area contributed by atoms with Crippen molar-refractivity contribution >= 4 is 5.91 Å². The van der Waals surface area contributed by atoms with Gasteiger partial charge in [0.25, 0.3) is 0 Å². The number of nitrogens with two attached hydrogens (primary N) is 1. The average molecular weight is 312 g/mol. The van der Waals surface area contributed by atoms with Gasteiger partial charge < -0.3 is 15.4 Å². The van der Waals surface area contributed by atoms with E-state index in [0.29, 0.717) is 19.0 Å². The van der Waals surface area contributed by atoms with Crippen LogP contribution in [0.15, 0.2) is 42.7 Å². The molecular formula is C17H20N4O2. The number of rotatable bonds is 4. The summed E-state index contributed by atoms with van der Waals surface area (Å²) in [4.78, 5) is 22.3. The molecule has 0 aliphatic carbocycles. The molecule has 3 rings (SSSR count). The Labute approximate surface area is 135 Å². The maximum absolute atomic E-state index is 11.7. The van der Waals surface area contributed by atoms with Gasteiger partial charge in [0.15, 0.2) is 0 Å². The topological polar surface area (TPSA) is 81.3 Å². The van der Waals surface area contributed by atoms with E-state index in [0.717, 1.165) is 24.3 Å². The minimum absolute atomic E-state index is 0.00311. The maximum atomic E-state index is 11.7. The van der Waals surface area contributed by atoms with Crippen molar-refractivity contribution in [1.29, 1.82) is 0 Å². The first-order valence-electron chi connectivity index (χ1n) is 7.79. The van der Waals surface area contributed by atoms with Crippen LogP contribution < -0.4 is 10.5 Å². The van der Waals surface area contributed by atoms with E-state index >= 15 is 0 Å². The Morgan fingerprint density at radius 2 is 1.87 bits per heavy atom. The van der Waals surface area contributed by atoms with Crippen molar-refractivity contribution in [1.82, 2.24) is 14.9 Å². The van der Waals surface area contributed by atoms with Crippen LogP contribution in [-0.4, -0.2) is 40.4 Å². The SMILES string of the molecule is NCC(=O)N1CCC(c2nccnc2Oc2ccccc2)CC1. The fourth-order valence-corrected chi connectivity index (χ4v) is 2.83. The summed E-state index contributed by atoms with van der Waals surface area (Å²) in [6, 6.07) is 9.56.